The van der Waals surface area contributed by atoms with E-state index in [9.17, 15) is 22.0 Å². The van der Waals surface area contributed by atoms with E-state index in [0.717, 1.165) is 53.3 Å². The molecule has 2 aromatic carbocycles. The molecule has 3 nitrogen and oxygen atoms in total. The molecule has 0 saturated carbocycles. The summed E-state index contributed by atoms with van der Waals surface area (Å²) in [5.74, 6) is -4.60. The van der Waals surface area contributed by atoms with Gasteiger partial charge in [0, 0.05) is 31.5 Å². The molecule has 0 bridgehead atoms. The predicted molar refractivity (Wildman–Crippen MR) is 102 cm³/mol. The number of nitrogens with zero attached hydrogens (tertiary/aromatic N) is 2. The van der Waals surface area contributed by atoms with Gasteiger partial charge in [-0.2, -0.15) is 22.0 Å². The first-order valence-corrected chi connectivity index (χ1v) is 9.92. The molecular formula is C20H17F5N2OS. The molecule has 0 aliphatic carbocycles. The van der Waals surface area contributed by atoms with Gasteiger partial charge < -0.3 is 9.64 Å². The van der Waals surface area contributed by atoms with Gasteiger partial charge in [0.05, 0.1) is 15.9 Å². The van der Waals surface area contributed by atoms with Crippen LogP contribution in [0.4, 0.5) is 27.6 Å². The normalized spacial score (nSPS) is 16.4. The number of rotatable bonds is 4. The topological polar surface area (TPSA) is 25.4 Å². The molecule has 2 heterocycles. The van der Waals surface area contributed by atoms with Crippen LogP contribution < -0.4 is 9.64 Å². The molecule has 0 N–H and O–H groups in total. The summed E-state index contributed by atoms with van der Waals surface area (Å²) in [6.07, 6.45) is -4.33. The van der Waals surface area contributed by atoms with Crippen LogP contribution in [0.25, 0.3) is 10.2 Å². The Kier molecular flexibility index (Phi) is 5.10. The van der Waals surface area contributed by atoms with Gasteiger partial charge in [-0.1, -0.05) is 6.07 Å². The highest BCUT2D eigenvalue weighted by Gasteiger charge is 2.58. The quantitative estimate of drug-likeness (QED) is 0.477. The standard InChI is InChI=1S/C20H17F5N2OS/c21-19(22,20(23,24)25)13-4-6-14(7-5-13)28-15-8-10-27(11-9-15)16-2-1-3-17-18(16)26-12-29-17/h1-7,12,15H,8-11H2. The Morgan fingerprint density at radius 3 is 2.31 bits per heavy atom. The number of aromatic nitrogens is 1. The third kappa shape index (κ3) is 3.88. The number of piperidine rings is 1. The van der Waals surface area contributed by atoms with Crippen molar-refractivity contribution in [2.75, 3.05) is 18.0 Å². The minimum Gasteiger partial charge on any atom is -0.490 e. The van der Waals surface area contributed by atoms with Crippen LogP contribution in [0.5, 0.6) is 5.75 Å². The summed E-state index contributed by atoms with van der Waals surface area (Å²) in [4.78, 5) is 6.66. The van der Waals surface area contributed by atoms with E-state index in [-0.39, 0.29) is 11.9 Å². The molecule has 0 radical (unpaired) electrons. The maximum atomic E-state index is 13.4. The zero-order chi connectivity index (χ0) is 20.6. The van der Waals surface area contributed by atoms with Gasteiger partial charge in [0.15, 0.2) is 0 Å². The second-order valence-corrected chi connectivity index (χ2v) is 7.76. The van der Waals surface area contributed by atoms with Crippen molar-refractivity contribution < 1.29 is 26.7 Å². The van der Waals surface area contributed by atoms with Crippen molar-refractivity contribution in [3.63, 3.8) is 0 Å². The first kappa shape index (κ1) is 19.9. The lowest BCUT2D eigenvalue weighted by molar-refractivity contribution is -0.289. The van der Waals surface area contributed by atoms with Gasteiger partial charge in [-0.3, -0.25) is 0 Å². The van der Waals surface area contributed by atoms with Crippen LogP contribution >= 0.6 is 11.3 Å². The zero-order valence-electron chi connectivity index (χ0n) is 15.1. The number of thiazole rings is 1. The maximum absolute atomic E-state index is 13.4. The zero-order valence-corrected chi connectivity index (χ0v) is 15.9. The number of ether oxygens (including phenoxy) is 1. The van der Waals surface area contributed by atoms with E-state index in [0.29, 0.717) is 12.8 Å². The second kappa shape index (κ2) is 7.44. The molecule has 1 aromatic heterocycles. The van der Waals surface area contributed by atoms with Crippen molar-refractivity contribution >= 4 is 27.2 Å². The number of hydrogen-bond acceptors (Lipinski definition) is 4. The van der Waals surface area contributed by atoms with E-state index in [1.54, 1.807) is 11.3 Å². The van der Waals surface area contributed by atoms with E-state index in [2.05, 4.69) is 9.88 Å². The highest BCUT2D eigenvalue weighted by atomic mass is 32.1. The Balaban J connectivity index is 1.38. The fourth-order valence-electron chi connectivity index (χ4n) is 3.44. The SMILES string of the molecule is FC(F)(F)C(F)(F)c1ccc(OC2CCN(c3cccc4scnc34)CC2)cc1. The minimum atomic E-state index is -5.62. The lowest BCUT2D eigenvalue weighted by atomic mass is 10.1. The summed E-state index contributed by atoms with van der Waals surface area (Å²) in [6, 6.07) is 9.91. The Bertz CT molecular complexity index is 978. The third-order valence-electron chi connectivity index (χ3n) is 5.00. The molecule has 3 aromatic rings. The average molecular weight is 428 g/mol. The number of fused-ring (bicyclic) bond motifs is 1. The van der Waals surface area contributed by atoms with Crippen LogP contribution in [-0.2, 0) is 5.92 Å². The van der Waals surface area contributed by atoms with E-state index in [1.165, 1.54) is 0 Å². The molecular weight excluding hydrogens is 411 g/mol. The van der Waals surface area contributed by atoms with Crippen molar-refractivity contribution in [3.05, 3.63) is 53.5 Å². The maximum Gasteiger partial charge on any atom is 0.458 e. The molecule has 4 rings (SSSR count). The highest BCUT2D eigenvalue weighted by molar-refractivity contribution is 7.16. The molecule has 0 unspecified atom stereocenters. The van der Waals surface area contributed by atoms with Gasteiger partial charge in [-0.05, 0) is 36.4 Å². The van der Waals surface area contributed by atoms with Crippen LogP contribution in [0.15, 0.2) is 48.0 Å². The first-order chi connectivity index (χ1) is 13.8. The number of halogens is 5. The highest BCUT2D eigenvalue weighted by Crippen LogP contribution is 2.44. The fraction of sp³-hybridized carbons (Fsp3) is 0.350. The summed E-state index contributed by atoms with van der Waals surface area (Å²) >= 11 is 1.59. The molecule has 0 atom stereocenters. The lowest BCUT2D eigenvalue weighted by Gasteiger charge is -2.34. The number of hydrogen-bond donors (Lipinski definition) is 0. The first-order valence-electron chi connectivity index (χ1n) is 9.04. The molecule has 29 heavy (non-hydrogen) atoms. The van der Waals surface area contributed by atoms with Crippen molar-refractivity contribution in [2.24, 2.45) is 0 Å². The third-order valence-corrected chi connectivity index (χ3v) is 5.79. The van der Waals surface area contributed by atoms with Crippen molar-refractivity contribution in [1.82, 2.24) is 4.98 Å². The van der Waals surface area contributed by atoms with Crippen LogP contribution in [0.3, 0.4) is 0 Å². The molecule has 1 fully saturated rings. The van der Waals surface area contributed by atoms with Crippen LogP contribution in [0.2, 0.25) is 0 Å². The van der Waals surface area contributed by atoms with Gasteiger partial charge in [0.1, 0.15) is 17.4 Å². The van der Waals surface area contributed by atoms with Crippen LogP contribution in [0, 0.1) is 0 Å². The molecule has 154 valence electrons. The van der Waals surface area contributed by atoms with Crippen LogP contribution in [0.1, 0.15) is 18.4 Å². The van der Waals surface area contributed by atoms with Gasteiger partial charge in [0.25, 0.3) is 0 Å². The van der Waals surface area contributed by atoms with E-state index in [1.807, 2.05) is 23.7 Å². The molecule has 9 heteroatoms. The largest absolute Gasteiger partial charge is 0.490 e. The number of anilines is 1. The Morgan fingerprint density at radius 2 is 1.66 bits per heavy atom. The van der Waals surface area contributed by atoms with Gasteiger partial charge in [-0.15, -0.1) is 11.3 Å². The summed E-state index contributed by atoms with van der Waals surface area (Å²) in [7, 11) is 0. The molecule has 1 saturated heterocycles. The summed E-state index contributed by atoms with van der Waals surface area (Å²) in [5, 5.41) is 0. The van der Waals surface area contributed by atoms with E-state index in [4.69, 9.17) is 4.74 Å². The summed E-state index contributed by atoms with van der Waals surface area (Å²) in [6.45, 7) is 1.48. The number of alkyl halides is 5. The van der Waals surface area contributed by atoms with Crippen molar-refractivity contribution in [3.8, 4) is 5.75 Å². The molecule has 0 spiro atoms. The predicted octanol–water partition coefficient (Wildman–Crippen LogP) is 6.00. The lowest BCUT2D eigenvalue weighted by Crippen LogP contribution is -2.38. The average Bonchev–Trinajstić information content (AvgIpc) is 3.17. The Morgan fingerprint density at radius 1 is 0.966 bits per heavy atom. The summed E-state index contributed by atoms with van der Waals surface area (Å²) in [5.41, 5.74) is 2.76. The fourth-order valence-corrected chi connectivity index (χ4v) is 4.14. The summed E-state index contributed by atoms with van der Waals surface area (Å²) < 4.78 is 71.0. The number of para-hydroxylation sites is 1. The van der Waals surface area contributed by atoms with Crippen LogP contribution in [-0.4, -0.2) is 30.4 Å². The molecule has 1 aliphatic heterocycles. The minimum absolute atomic E-state index is 0.130. The monoisotopic (exact) mass is 428 g/mol. The smallest absolute Gasteiger partial charge is 0.458 e. The van der Waals surface area contributed by atoms with Gasteiger partial charge in [0.2, 0.25) is 0 Å². The number of benzene rings is 2. The van der Waals surface area contributed by atoms with E-state index >= 15 is 0 Å². The van der Waals surface area contributed by atoms with Gasteiger partial charge >= 0.3 is 12.1 Å². The Labute approximate surface area is 167 Å². The van der Waals surface area contributed by atoms with Gasteiger partial charge in [-0.25, -0.2) is 4.98 Å². The second-order valence-electron chi connectivity index (χ2n) is 6.88. The van der Waals surface area contributed by atoms with E-state index < -0.39 is 17.7 Å². The molecule has 0 amide bonds. The van der Waals surface area contributed by atoms with Crippen molar-refractivity contribution in [1.29, 1.82) is 0 Å². The van der Waals surface area contributed by atoms with Crippen molar-refractivity contribution in [2.45, 2.75) is 31.0 Å². The Hall–Kier alpha value is -2.42. The molecule has 1 aliphatic rings.